The fourth-order valence-corrected chi connectivity index (χ4v) is 4.08. The largest absolute Gasteiger partial charge is 0.466 e. The van der Waals surface area contributed by atoms with E-state index in [1.165, 1.54) is 12.1 Å². The minimum absolute atomic E-state index is 0.0165. The molecule has 166 valence electrons. The molecule has 1 atom stereocenters. The molecule has 0 bridgehead atoms. The summed E-state index contributed by atoms with van der Waals surface area (Å²) in [6, 6.07) is 15.5. The van der Waals surface area contributed by atoms with Crippen molar-refractivity contribution in [2.75, 3.05) is 19.1 Å². The number of anilines is 1. The van der Waals surface area contributed by atoms with E-state index in [-0.39, 0.29) is 38.9 Å². The summed E-state index contributed by atoms with van der Waals surface area (Å²) < 4.78 is 10.4. The van der Waals surface area contributed by atoms with Crippen LogP contribution < -0.4 is 10.6 Å². The zero-order valence-corrected chi connectivity index (χ0v) is 19.8. The van der Waals surface area contributed by atoms with Crippen LogP contribution in [0.3, 0.4) is 0 Å². The van der Waals surface area contributed by atoms with Gasteiger partial charge in [-0.25, -0.2) is 9.59 Å². The van der Waals surface area contributed by atoms with Gasteiger partial charge in [0.05, 0.1) is 53.6 Å². The molecule has 0 aliphatic carbocycles. The third-order valence-electron chi connectivity index (χ3n) is 5.01. The van der Waals surface area contributed by atoms with Crippen LogP contribution in [0.2, 0.25) is 5.02 Å². The van der Waals surface area contributed by atoms with E-state index in [1.54, 1.807) is 30.3 Å². The lowest BCUT2D eigenvalue weighted by molar-refractivity contribution is -0.139. The van der Waals surface area contributed by atoms with E-state index in [0.29, 0.717) is 10.0 Å². The maximum Gasteiger partial charge on any atom is 0.355 e. The first-order chi connectivity index (χ1) is 15.8. The summed E-state index contributed by atoms with van der Waals surface area (Å²) in [5.74, 6) is -2.95. The highest BCUT2D eigenvalue weighted by Crippen LogP contribution is 2.44. The summed E-state index contributed by atoms with van der Waals surface area (Å²) in [5.41, 5.74) is 6.65. The smallest absolute Gasteiger partial charge is 0.355 e. The molecule has 0 amide bonds. The summed E-state index contributed by atoms with van der Waals surface area (Å²) in [4.78, 5) is 27.2. The zero-order valence-electron chi connectivity index (χ0n) is 17.4. The van der Waals surface area contributed by atoms with Crippen molar-refractivity contribution in [2.24, 2.45) is 5.73 Å². The minimum atomic E-state index is -1.01. The molecule has 0 spiro atoms. The Labute approximate surface area is 203 Å². The molecule has 1 unspecified atom stereocenters. The SMILES string of the molecule is COC(=O)C1=C(C(=O)OC)N(c2cc(Cl)c(Br)cc2C#N)C(N)=C(C#N)C1c1ccccc1. The number of hydrogen-bond donors (Lipinski definition) is 1. The molecule has 0 aromatic heterocycles. The number of nitrogens with zero attached hydrogens (tertiary/aromatic N) is 3. The Morgan fingerprint density at radius 1 is 1.09 bits per heavy atom. The van der Waals surface area contributed by atoms with Gasteiger partial charge in [-0.1, -0.05) is 41.9 Å². The van der Waals surface area contributed by atoms with Gasteiger partial charge in [-0.15, -0.1) is 0 Å². The van der Waals surface area contributed by atoms with E-state index in [9.17, 15) is 20.1 Å². The Morgan fingerprint density at radius 3 is 2.27 bits per heavy atom. The second kappa shape index (κ2) is 9.78. The van der Waals surface area contributed by atoms with Crippen LogP contribution in [0.1, 0.15) is 17.0 Å². The molecule has 3 rings (SSSR count). The lowest BCUT2D eigenvalue weighted by Gasteiger charge is -2.36. The van der Waals surface area contributed by atoms with Crippen LogP contribution in [0.25, 0.3) is 0 Å². The van der Waals surface area contributed by atoms with Crippen molar-refractivity contribution in [1.29, 1.82) is 10.5 Å². The van der Waals surface area contributed by atoms with Gasteiger partial charge >= 0.3 is 11.9 Å². The fourth-order valence-electron chi connectivity index (χ4n) is 3.57. The zero-order chi connectivity index (χ0) is 24.3. The highest BCUT2D eigenvalue weighted by molar-refractivity contribution is 9.10. The van der Waals surface area contributed by atoms with E-state index in [0.717, 1.165) is 19.1 Å². The van der Waals surface area contributed by atoms with Crippen LogP contribution in [0.5, 0.6) is 0 Å². The standard InChI is InChI=1S/C23H16BrClN4O4/c1-32-22(30)19-18(12-6-4-3-5-7-12)14(11-27)21(28)29(20(19)23(31)33-2)17-9-16(25)15(24)8-13(17)10-26/h3-9,18H,28H2,1-2H3. The summed E-state index contributed by atoms with van der Waals surface area (Å²) in [6.45, 7) is 0. The van der Waals surface area contributed by atoms with Gasteiger partial charge in [-0.05, 0) is 33.6 Å². The molecule has 2 aromatic rings. The van der Waals surface area contributed by atoms with Crippen molar-refractivity contribution in [3.8, 4) is 12.1 Å². The van der Waals surface area contributed by atoms with Crippen molar-refractivity contribution in [3.05, 3.63) is 85.8 Å². The molecule has 1 aliphatic heterocycles. The Balaban J connectivity index is 2.49. The number of halogens is 2. The third-order valence-corrected chi connectivity index (χ3v) is 6.21. The Kier molecular flexibility index (Phi) is 7.07. The van der Waals surface area contributed by atoms with Gasteiger partial charge in [-0.3, -0.25) is 4.90 Å². The summed E-state index contributed by atoms with van der Waals surface area (Å²) >= 11 is 9.52. The topological polar surface area (TPSA) is 129 Å². The van der Waals surface area contributed by atoms with Crippen molar-refractivity contribution >= 4 is 45.2 Å². The predicted octanol–water partition coefficient (Wildman–Crippen LogP) is 3.87. The summed E-state index contributed by atoms with van der Waals surface area (Å²) in [6.07, 6.45) is 0. The molecule has 0 radical (unpaired) electrons. The van der Waals surface area contributed by atoms with Crippen LogP contribution in [0.15, 0.2) is 69.6 Å². The van der Waals surface area contributed by atoms with E-state index in [4.69, 9.17) is 26.8 Å². The molecule has 8 nitrogen and oxygen atoms in total. The quantitative estimate of drug-likeness (QED) is 0.593. The average molecular weight is 528 g/mol. The van der Waals surface area contributed by atoms with Crippen LogP contribution in [-0.2, 0) is 19.1 Å². The van der Waals surface area contributed by atoms with Crippen LogP contribution in [-0.4, -0.2) is 26.2 Å². The molecule has 0 saturated heterocycles. The maximum absolute atomic E-state index is 13.0. The fraction of sp³-hybridized carbons (Fsp3) is 0.130. The second-order valence-corrected chi connectivity index (χ2v) is 7.99. The molecule has 0 fully saturated rings. The highest BCUT2D eigenvalue weighted by atomic mass is 79.9. The Morgan fingerprint density at radius 2 is 1.73 bits per heavy atom. The summed E-state index contributed by atoms with van der Waals surface area (Å²) in [5, 5.41) is 20.0. The number of hydrogen-bond acceptors (Lipinski definition) is 8. The van der Waals surface area contributed by atoms with Crippen molar-refractivity contribution in [3.63, 3.8) is 0 Å². The van der Waals surface area contributed by atoms with Crippen LogP contribution >= 0.6 is 27.5 Å². The lowest BCUT2D eigenvalue weighted by atomic mass is 9.80. The van der Waals surface area contributed by atoms with Crippen molar-refractivity contribution in [2.45, 2.75) is 5.92 Å². The summed E-state index contributed by atoms with van der Waals surface area (Å²) in [7, 11) is 2.29. The number of rotatable bonds is 4. The number of methoxy groups -OCH3 is 2. The minimum Gasteiger partial charge on any atom is -0.466 e. The second-order valence-electron chi connectivity index (χ2n) is 6.73. The molecule has 1 aliphatic rings. The third kappa shape index (κ3) is 4.17. The predicted molar refractivity (Wildman–Crippen MR) is 123 cm³/mol. The average Bonchev–Trinajstić information content (AvgIpc) is 2.84. The highest BCUT2D eigenvalue weighted by Gasteiger charge is 2.43. The van der Waals surface area contributed by atoms with Crippen LogP contribution in [0.4, 0.5) is 5.69 Å². The lowest BCUT2D eigenvalue weighted by Crippen LogP contribution is -2.41. The molecule has 1 heterocycles. The van der Waals surface area contributed by atoms with Gasteiger partial charge in [0.2, 0.25) is 0 Å². The Hall–Kier alpha value is -3.79. The van der Waals surface area contributed by atoms with Gasteiger partial charge < -0.3 is 15.2 Å². The first-order valence-corrected chi connectivity index (χ1v) is 10.5. The molecule has 10 heteroatoms. The number of ether oxygens (including phenoxy) is 2. The van der Waals surface area contributed by atoms with Gasteiger partial charge in [0.1, 0.15) is 17.6 Å². The number of esters is 2. The van der Waals surface area contributed by atoms with E-state index in [1.807, 2.05) is 12.1 Å². The van der Waals surface area contributed by atoms with Gasteiger partial charge in [-0.2, -0.15) is 10.5 Å². The monoisotopic (exact) mass is 526 g/mol. The number of benzene rings is 2. The maximum atomic E-state index is 13.0. The molecular formula is C23H16BrClN4O4. The number of nitrogens with two attached hydrogens (primary N) is 1. The van der Waals surface area contributed by atoms with E-state index >= 15 is 0 Å². The van der Waals surface area contributed by atoms with Gasteiger partial charge in [0, 0.05) is 4.47 Å². The Bertz CT molecular complexity index is 1290. The molecule has 0 saturated carbocycles. The normalized spacial score (nSPS) is 15.6. The van der Waals surface area contributed by atoms with Gasteiger partial charge in [0.15, 0.2) is 0 Å². The molecular weight excluding hydrogens is 512 g/mol. The van der Waals surface area contributed by atoms with E-state index in [2.05, 4.69) is 15.9 Å². The van der Waals surface area contributed by atoms with E-state index < -0.39 is 17.9 Å². The van der Waals surface area contributed by atoms with Crippen molar-refractivity contribution in [1.82, 2.24) is 0 Å². The number of nitriles is 2. The van der Waals surface area contributed by atoms with Crippen molar-refractivity contribution < 1.29 is 19.1 Å². The number of carbonyl (C=O) groups is 2. The first kappa shape index (κ1) is 23.9. The van der Waals surface area contributed by atoms with Gasteiger partial charge in [0.25, 0.3) is 0 Å². The van der Waals surface area contributed by atoms with Crippen LogP contribution in [0, 0.1) is 22.7 Å². The molecule has 33 heavy (non-hydrogen) atoms. The molecule has 2 N–H and O–H groups in total. The number of allylic oxidation sites excluding steroid dienone is 1. The number of carbonyl (C=O) groups excluding carboxylic acids is 2. The first-order valence-electron chi connectivity index (χ1n) is 9.35. The molecule has 2 aromatic carbocycles.